The maximum atomic E-state index is 11.7. The number of carbonyl (C=O) groups is 2. The van der Waals surface area contributed by atoms with E-state index in [1.165, 1.54) is 0 Å². The molecule has 0 atom stereocenters. The van der Waals surface area contributed by atoms with Crippen LogP contribution in [0.1, 0.15) is 24.2 Å². The molecule has 2 amide bonds. The summed E-state index contributed by atoms with van der Waals surface area (Å²) < 4.78 is 4.83. The Kier molecular flexibility index (Phi) is 6.17. The molecule has 0 unspecified atom stereocenters. The quantitative estimate of drug-likeness (QED) is 0.814. The third kappa shape index (κ3) is 6.12. The average molecular weight is 336 g/mol. The molecule has 0 fully saturated rings. The third-order valence-electron chi connectivity index (χ3n) is 3.10. The van der Waals surface area contributed by atoms with Crippen LogP contribution in [0.15, 0.2) is 34.9 Å². The first-order valence-electron chi connectivity index (χ1n) is 7.27. The van der Waals surface area contributed by atoms with Crippen molar-refractivity contribution >= 4 is 29.2 Å². The van der Waals surface area contributed by atoms with Crippen molar-refractivity contribution in [2.45, 2.75) is 26.2 Å². The first kappa shape index (κ1) is 17.0. The average Bonchev–Trinajstić information content (AvgIpc) is 2.90. The molecule has 0 aliphatic carbocycles. The van der Waals surface area contributed by atoms with Crippen LogP contribution in [-0.4, -0.2) is 23.5 Å². The Hall–Kier alpha value is -2.34. The molecular formula is C16H18ClN3O3. The fraction of sp³-hybridized carbons (Fsp3) is 0.312. The van der Waals surface area contributed by atoms with Gasteiger partial charge in [-0.25, -0.2) is 0 Å². The van der Waals surface area contributed by atoms with Gasteiger partial charge in [-0.1, -0.05) is 28.9 Å². The van der Waals surface area contributed by atoms with Crippen LogP contribution < -0.4 is 10.6 Å². The number of carbonyl (C=O) groups excluding carboxylic acids is 2. The van der Waals surface area contributed by atoms with Crippen LogP contribution in [-0.2, 0) is 16.0 Å². The summed E-state index contributed by atoms with van der Waals surface area (Å²) in [5.74, 6) is 0.424. The summed E-state index contributed by atoms with van der Waals surface area (Å²) in [5.41, 5.74) is 1.09. The molecule has 0 radical (unpaired) electrons. The lowest BCUT2D eigenvalue weighted by molar-refractivity contribution is -0.124. The van der Waals surface area contributed by atoms with Gasteiger partial charge in [0.25, 0.3) is 0 Å². The summed E-state index contributed by atoms with van der Waals surface area (Å²) in [5, 5.41) is 9.43. The molecule has 122 valence electrons. The molecule has 23 heavy (non-hydrogen) atoms. The molecule has 7 heteroatoms. The second-order valence-electron chi connectivity index (χ2n) is 5.13. The molecule has 0 bridgehead atoms. The fourth-order valence-corrected chi connectivity index (χ4v) is 2.24. The normalized spacial score (nSPS) is 10.3. The van der Waals surface area contributed by atoms with Gasteiger partial charge in [0, 0.05) is 17.5 Å². The number of halogens is 1. The van der Waals surface area contributed by atoms with Crippen LogP contribution in [0, 0.1) is 6.92 Å². The Balaban J connectivity index is 1.64. The first-order chi connectivity index (χ1) is 11.0. The van der Waals surface area contributed by atoms with E-state index in [1.54, 1.807) is 13.0 Å². The highest BCUT2D eigenvalue weighted by atomic mass is 35.5. The Bertz CT molecular complexity index is 685. The molecule has 0 aliphatic heterocycles. The van der Waals surface area contributed by atoms with Gasteiger partial charge in [-0.3, -0.25) is 9.59 Å². The second-order valence-corrected chi connectivity index (χ2v) is 5.57. The van der Waals surface area contributed by atoms with Gasteiger partial charge < -0.3 is 15.2 Å². The topological polar surface area (TPSA) is 84.2 Å². The minimum atomic E-state index is -0.346. The van der Waals surface area contributed by atoms with E-state index >= 15 is 0 Å². The maximum absolute atomic E-state index is 11.7. The number of amides is 2. The van der Waals surface area contributed by atoms with Gasteiger partial charge >= 0.3 is 0 Å². The monoisotopic (exact) mass is 335 g/mol. The molecule has 2 aromatic rings. The lowest BCUT2D eigenvalue weighted by Gasteiger charge is -2.05. The van der Waals surface area contributed by atoms with Crippen molar-refractivity contribution < 1.29 is 14.1 Å². The van der Waals surface area contributed by atoms with Gasteiger partial charge in [0.05, 0.1) is 6.54 Å². The smallest absolute Gasteiger partial charge is 0.245 e. The summed E-state index contributed by atoms with van der Waals surface area (Å²) in [6, 6.07) is 9.15. The first-order valence-corrected chi connectivity index (χ1v) is 7.65. The Morgan fingerprint density at radius 3 is 2.78 bits per heavy atom. The molecule has 1 aromatic carbocycles. The number of aromatic nitrogens is 1. The minimum Gasteiger partial charge on any atom is -0.360 e. The van der Waals surface area contributed by atoms with Gasteiger partial charge in [-0.15, -0.1) is 0 Å². The van der Waals surface area contributed by atoms with Gasteiger partial charge in [0.15, 0.2) is 5.82 Å². The zero-order valence-corrected chi connectivity index (χ0v) is 13.5. The molecular weight excluding hydrogens is 318 g/mol. The van der Waals surface area contributed by atoms with Gasteiger partial charge in [-0.2, -0.15) is 0 Å². The van der Waals surface area contributed by atoms with E-state index in [0.29, 0.717) is 29.4 Å². The number of hydrogen-bond acceptors (Lipinski definition) is 4. The van der Waals surface area contributed by atoms with Crippen molar-refractivity contribution in [1.29, 1.82) is 0 Å². The van der Waals surface area contributed by atoms with Crippen molar-refractivity contribution in [3.05, 3.63) is 46.7 Å². The lowest BCUT2D eigenvalue weighted by Crippen LogP contribution is -2.32. The molecule has 1 aromatic heterocycles. The summed E-state index contributed by atoms with van der Waals surface area (Å²) >= 11 is 5.90. The molecule has 0 saturated carbocycles. The summed E-state index contributed by atoms with van der Waals surface area (Å²) in [7, 11) is 0. The van der Waals surface area contributed by atoms with Crippen LogP contribution in [0.25, 0.3) is 0 Å². The standard InChI is InChI=1S/C16H18ClN3O3/c1-11-8-14(20-23-11)19-16(22)10-18-15(21)7-3-5-12-4-2-6-13(17)9-12/h2,4,6,8-9H,3,5,7,10H2,1H3,(H,18,21)(H,19,20,22). The molecule has 1 heterocycles. The number of nitrogens with zero attached hydrogens (tertiary/aromatic N) is 1. The molecule has 0 spiro atoms. The molecule has 0 saturated heterocycles. The number of anilines is 1. The van der Waals surface area contributed by atoms with Crippen LogP contribution in [0.2, 0.25) is 5.02 Å². The Morgan fingerprint density at radius 1 is 1.26 bits per heavy atom. The van der Waals surface area contributed by atoms with Crippen molar-refractivity contribution in [3.8, 4) is 0 Å². The van der Waals surface area contributed by atoms with Crippen molar-refractivity contribution in [1.82, 2.24) is 10.5 Å². The largest absolute Gasteiger partial charge is 0.360 e. The van der Waals surface area contributed by atoms with E-state index in [9.17, 15) is 9.59 Å². The number of aryl methyl sites for hydroxylation is 2. The van der Waals surface area contributed by atoms with Gasteiger partial charge in [-0.05, 0) is 37.5 Å². The summed E-state index contributed by atoms with van der Waals surface area (Å²) in [4.78, 5) is 23.3. The second kappa shape index (κ2) is 8.33. The van der Waals surface area contributed by atoms with E-state index in [0.717, 1.165) is 12.0 Å². The zero-order chi connectivity index (χ0) is 16.7. The predicted molar refractivity (Wildman–Crippen MR) is 87.3 cm³/mol. The zero-order valence-electron chi connectivity index (χ0n) is 12.8. The van der Waals surface area contributed by atoms with Crippen LogP contribution in [0.4, 0.5) is 5.82 Å². The minimum absolute atomic E-state index is 0.0953. The summed E-state index contributed by atoms with van der Waals surface area (Å²) in [6.45, 7) is 1.63. The number of nitrogens with one attached hydrogen (secondary N) is 2. The molecule has 0 aliphatic rings. The van der Waals surface area contributed by atoms with Gasteiger partial charge in [0.1, 0.15) is 5.76 Å². The van der Waals surface area contributed by atoms with Crippen LogP contribution in [0.3, 0.4) is 0 Å². The number of rotatable bonds is 7. The predicted octanol–water partition coefficient (Wildman–Crippen LogP) is 2.71. The van der Waals surface area contributed by atoms with E-state index in [-0.39, 0.29) is 18.4 Å². The van der Waals surface area contributed by atoms with Gasteiger partial charge in [0.2, 0.25) is 11.8 Å². The van der Waals surface area contributed by atoms with Crippen LogP contribution in [0.5, 0.6) is 0 Å². The Labute approximate surface area is 139 Å². The highest BCUT2D eigenvalue weighted by Gasteiger charge is 2.08. The van der Waals surface area contributed by atoms with E-state index in [4.69, 9.17) is 16.1 Å². The molecule has 2 N–H and O–H groups in total. The number of benzene rings is 1. The van der Waals surface area contributed by atoms with Crippen molar-refractivity contribution in [3.63, 3.8) is 0 Å². The highest BCUT2D eigenvalue weighted by Crippen LogP contribution is 2.12. The summed E-state index contributed by atoms with van der Waals surface area (Å²) in [6.07, 6.45) is 1.80. The van der Waals surface area contributed by atoms with Crippen molar-refractivity contribution in [2.24, 2.45) is 0 Å². The van der Waals surface area contributed by atoms with Crippen LogP contribution >= 0.6 is 11.6 Å². The van der Waals surface area contributed by atoms with E-state index < -0.39 is 0 Å². The Morgan fingerprint density at radius 2 is 2.09 bits per heavy atom. The lowest BCUT2D eigenvalue weighted by atomic mass is 10.1. The molecule has 2 rings (SSSR count). The van der Waals surface area contributed by atoms with Crippen molar-refractivity contribution in [2.75, 3.05) is 11.9 Å². The number of hydrogen-bond donors (Lipinski definition) is 2. The fourth-order valence-electron chi connectivity index (χ4n) is 2.03. The van der Waals surface area contributed by atoms with E-state index in [1.807, 2.05) is 24.3 Å². The third-order valence-corrected chi connectivity index (χ3v) is 3.33. The highest BCUT2D eigenvalue weighted by molar-refractivity contribution is 6.30. The maximum Gasteiger partial charge on any atom is 0.245 e. The SMILES string of the molecule is Cc1cc(NC(=O)CNC(=O)CCCc2cccc(Cl)c2)no1. The van der Waals surface area contributed by atoms with E-state index in [2.05, 4.69) is 15.8 Å². The molecule has 6 nitrogen and oxygen atoms in total.